The average molecular weight is 275 g/mol. The molecule has 0 aromatic rings. The van der Waals surface area contributed by atoms with Crippen LogP contribution in [0.2, 0.25) is 0 Å². The number of hydrogen-bond donors (Lipinski definition) is 2. The van der Waals surface area contributed by atoms with E-state index in [1.54, 1.807) is 0 Å². The zero-order chi connectivity index (χ0) is 15.2. The summed E-state index contributed by atoms with van der Waals surface area (Å²) in [4.78, 5) is 45.1. The number of carboxylic acid groups (broad SMARTS) is 1. The van der Waals surface area contributed by atoms with Gasteiger partial charge in [0.2, 0.25) is 5.91 Å². The number of amides is 1. The van der Waals surface area contributed by atoms with E-state index >= 15 is 0 Å². The Morgan fingerprint density at radius 2 is 1.47 bits per heavy atom. The highest BCUT2D eigenvalue weighted by Crippen LogP contribution is 2.19. The maximum atomic E-state index is 11.5. The molecule has 108 valence electrons. The van der Waals surface area contributed by atoms with Crippen LogP contribution in [0.5, 0.6) is 0 Å². The number of ether oxygens (including phenoxy) is 2. The predicted octanol–water partition coefficient (Wildman–Crippen LogP) is -0.826. The summed E-state index contributed by atoms with van der Waals surface area (Å²) < 4.78 is 8.89. The predicted molar refractivity (Wildman–Crippen MR) is 61.9 cm³/mol. The molecule has 0 aliphatic rings. The Morgan fingerprint density at radius 1 is 1.05 bits per heavy atom. The van der Waals surface area contributed by atoms with Gasteiger partial charge in [-0.05, 0) is 0 Å². The van der Waals surface area contributed by atoms with Crippen molar-refractivity contribution in [3.63, 3.8) is 0 Å². The molecule has 0 aliphatic carbocycles. The molecule has 0 aromatic carbocycles. The molecule has 0 rings (SSSR count). The number of nitrogens with one attached hydrogen (secondary N) is 1. The lowest BCUT2D eigenvalue weighted by atomic mass is 9.87. The number of hydrogen-bond acceptors (Lipinski definition) is 6. The van der Waals surface area contributed by atoms with E-state index in [1.165, 1.54) is 6.92 Å². The van der Waals surface area contributed by atoms with Gasteiger partial charge in [-0.2, -0.15) is 0 Å². The molecule has 0 aromatic heterocycles. The van der Waals surface area contributed by atoms with Crippen molar-refractivity contribution in [2.45, 2.75) is 19.9 Å². The first-order chi connectivity index (χ1) is 8.76. The van der Waals surface area contributed by atoms with Gasteiger partial charge in [0.1, 0.15) is 6.04 Å². The van der Waals surface area contributed by atoms with Gasteiger partial charge < -0.3 is 19.9 Å². The topological polar surface area (TPSA) is 119 Å². The average Bonchev–Trinajstić information content (AvgIpc) is 2.34. The second-order valence-corrected chi connectivity index (χ2v) is 3.90. The van der Waals surface area contributed by atoms with E-state index in [9.17, 15) is 19.2 Å². The van der Waals surface area contributed by atoms with Crippen molar-refractivity contribution in [1.82, 2.24) is 5.32 Å². The summed E-state index contributed by atoms with van der Waals surface area (Å²) in [5, 5.41) is 11.2. The molecule has 0 spiro atoms. The van der Waals surface area contributed by atoms with E-state index in [2.05, 4.69) is 14.8 Å². The van der Waals surface area contributed by atoms with Gasteiger partial charge in [0, 0.05) is 12.8 Å². The minimum absolute atomic E-state index is 0.590. The number of carboxylic acids is 1. The number of aliphatic carboxylic acids is 1. The van der Waals surface area contributed by atoms with Crippen molar-refractivity contribution < 1.29 is 33.8 Å². The standard InChI is InChI=1S/C11H17NO7/c1-5(8(9(14)15)12-6(2)13)7(10(16)18-3)11(17)19-4/h5,7-8H,1-4H3,(H,12,13)(H,14,15)/t5-,8-/m0/s1. The zero-order valence-electron chi connectivity index (χ0n) is 11.1. The third-order valence-electron chi connectivity index (χ3n) is 2.59. The molecule has 0 saturated carbocycles. The van der Waals surface area contributed by atoms with Gasteiger partial charge in [-0.1, -0.05) is 6.92 Å². The van der Waals surface area contributed by atoms with Crippen molar-refractivity contribution in [1.29, 1.82) is 0 Å². The van der Waals surface area contributed by atoms with Gasteiger partial charge in [0.15, 0.2) is 5.92 Å². The van der Waals surface area contributed by atoms with Gasteiger partial charge in [0.25, 0.3) is 0 Å². The fraction of sp³-hybridized carbons (Fsp3) is 0.636. The molecule has 0 fully saturated rings. The largest absolute Gasteiger partial charge is 0.480 e. The van der Waals surface area contributed by atoms with Crippen molar-refractivity contribution in [2.24, 2.45) is 11.8 Å². The number of methoxy groups -OCH3 is 2. The van der Waals surface area contributed by atoms with Crippen LogP contribution in [-0.4, -0.2) is 49.2 Å². The van der Waals surface area contributed by atoms with Crippen molar-refractivity contribution in [3.05, 3.63) is 0 Å². The summed E-state index contributed by atoms with van der Waals surface area (Å²) in [5.41, 5.74) is 0. The number of esters is 2. The number of carbonyl (C=O) groups excluding carboxylic acids is 3. The maximum Gasteiger partial charge on any atom is 0.326 e. The van der Waals surface area contributed by atoms with Crippen LogP contribution in [0.4, 0.5) is 0 Å². The normalized spacial score (nSPS) is 13.3. The molecule has 8 heteroatoms. The Bertz CT molecular complexity index is 363. The molecule has 0 heterocycles. The highest BCUT2D eigenvalue weighted by Gasteiger charge is 2.41. The summed E-state index contributed by atoms with van der Waals surface area (Å²) in [6, 6.07) is -1.40. The van der Waals surface area contributed by atoms with Crippen molar-refractivity contribution in [3.8, 4) is 0 Å². The quantitative estimate of drug-likeness (QED) is 0.479. The van der Waals surface area contributed by atoms with Crippen LogP contribution in [0.3, 0.4) is 0 Å². The molecule has 1 amide bonds. The summed E-state index contributed by atoms with van der Waals surface area (Å²) in [7, 11) is 2.14. The summed E-state index contributed by atoms with van der Waals surface area (Å²) in [6.45, 7) is 2.47. The van der Waals surface area contributed by atoms with Gasteiger partial charge in [-0.15, -0.1) is 0 Å². The molecule has 8 nitrogen and oxygen atoms in total. The molecule has 0 bridgehead atoms. The van der Waals surface area contributed by atoms with Crippen LogP contribution in [0.1, 0.15) is 13.8 Å². The fourth-order valence-corrected chi connectivity index (χ4v) is 1.61. The van der Waals surface area contributed by atoms with Crippen LogP contribution in [0.15, 0.2) is 0 Å². The molecule has 0 unspecified atom stereocenters. The zero-order valence-corrected chi connectivity index (χ0v) is 11.1. The van der Waals surface area contributed by atoms with Crippen LogP contribution >= 0.6 is 0 Å². The highest BCUT2D eigenvalue weighted by atomic mass is 16.5. The second kappa shape index (κ2) is 7.34. The molecule has 0 radical (unpaired) electrons. The van der Waals surface area contributed by atoms with Crippen LogP contribution in [-0.2, 0) is 28.7 Å². The van der Waals surface area contributed by atoms with Crippen LogP contribution in [0, 0.1) is 11.8 Å². The van der Waals surface area contributed by atoms with Crippen molar-refractivity contribution in [2.75, 3.05) is 14.2 Å². The number of carbonyl (C=O) groups is 4. The maximum absolute atomic E-state index is 11.5. The fourth-order valence-electron chi connectivity index (χ4n) is 1.61. The van der Waals surface area contributed by atoms with Crippen molar-refractivity contribution >= 4 is 23.8 Å². The monoisotopic (exact) mass is 275 g/mol. The SMILES string of the molecule is COC(=O)C(C(=O)OC)[C@H](C)[C@H](NC(C)=O)C(=O)O. The summed E-state index contributed by atoms with van der Waals surface area (Å²) >= 11 is 0. The van der Waals surface area contributed by atoms with E-state index in [0.29, 0.717) is 0 Å². The molecular weight excluding hydrogens is 258 g/mol. The second-order valence-electron chi connectivity index (χ2n) is 3.90. The highest BCUT2D eigenvalue weighted by molar-refractivity contribution is 5.96. The van der Waals surface area contributed by atoms with Gasteiger partial charge in [-0.25, -0.2) is 4.79 Å². The van der Waals surface area contributed by atoms with Crippen LogP contribution < -0.4 is 5.32 Å². The Hall–Kier alpha value is -2.12. The Balaban J connectivity index is 5.28. The smallest absolute Gasteiger partial charge is 0.326 e. The lowest BCUT2D eigenvalue weighted by Crippen LogP contribution is -2.50. The first-order valence-corrected chi connectivity index (χ1v) is 5.41. The third-order valence-corrected chi connectivity index (χ3v) is 2.59. The molecule has 0 saturated heterocycles. The lowest BCUT2D eigenvalue weighted by Gasteiger charge is -2.25. The molecule has 19 heavy (non-hydrogen) atoms. The summed E-state index contributed by atoms with van der Waals surface area (Å²) in [6.07, 6.45) is 0. The van der Waals surface area contributed by atoms with E-state index in [4.69, 9.17) is 5.11 Å². The van der Waals surface area contributed by atoms with E-state index in [-0.39, 0.29) is 0 Å². The Morgan fingerprint density at radius 3 is 1.74 bits per heavy atom. The van der Waals surface area contributed by atoms with Gasteiger partial charge in [0.05, 0.1) is 14.2 Å². The van der Waals surface area contributed by atoms with E-state index < -0.39 is 41.7 Å². The van der Waals surface area contributed by atoms with Crippen LogP contribution in [0.25, 0.3) is 0 Å². The van der Waals surface area contributed by atoms with E-state index in [1.807, 2.05) is 0 Å². The Labute approximate surface area is 110 Å². The lowest BCUT2D eigenvalue weighted by molar-refractivity contribution is -0.163. The summed E-state index contributed by atoms with van der Waals surface area (Å²) in [5.74, 6) is -6.25. The minimum atomic E-state index is -1.43. The Kier molecular flexibility index (Phi) is 6.53. The number of rotatable bonds is 6. The van der Waals surface area contributed by atoms with Gasteiger partial charge >= 0.3 is 17.9 Å². The molecule has 2 N–H and O–H groups in total. The van der Waals surface area contributed by atoms with Gasteiger partial charge in [-0.3, -0.25) is 14.4 Å². The minimum Gasteiger partial charge on any atom is -0.480 e. The van der Waals surface area contributed by atoms with E-state index in [0.717, 1.165) is 21.1 Å². The molecular formula is C11H17NO7. The first-order valence-electron chi connectivity index (χ1n) is 5.41. The molecule has 2 atom stereocenters. The first kappa shape index (κ1) is 16.9. The molecule has 0 aliphatic heterocycles. The third kappa shape index (κ3) is 4.57.